The van der Waals surface area contributed by atoms with E-state index in [9.17, 15) is 13.2 Å². The van der Waals surface area contributed by atoms with Crippen LogP contribution in [0.2, 0.25) is 5.02 Å². The quantitative estimate of drug-likeness (QED) is 0.862. The minimum atomic E-state index is -3.33. The first-order valence-corrected chi connectivity index (χ1v) is 9.02. The third-order valence-electron chi connectivity index (χ3n) is 3.24. The van der Waals surface area contributed by atoms with Gasteiger partial charge in [-0.15, -0.1) is 0 Å². The topological polar surface area (TPSA) is 75.3 Å². The number of carbonyl (C=O) groups is 1. The lowest BCUT2D eigenvalue weighted by Crippen LogP contribution is -2.16. The summed E-state index contributed by atoms with van der Waals surface area (Å²) in [6.07, 6.45) is 0. The number of aryl methyl sites for hydroxylation is 1. The maximum atomic E-state index is 12.1. The summed E-state index contributed by atoms with van der Waals surface area (Å²) >= 11 is 5.79. The predicted molar refractivity (Wildman–Crippen MR) is 93.7 cm³/mol. The average molecular weight is 353 g/mol. The maximum absolute atomic E-state index is 12.1. The molecule has 1 amide bonds. The van der Waals surface area contributed by atoms with Gasteiger partial charge in [0.2, 0.25) is 10.0 Å². The summed E-state index contributed by atoms with van der Waals surface area (Å²) in [5, 5.41) is 3.32. The molecule has 0 radical (unpaired) electrons. The highest BCUT2D eigenvalue weighted by Crippen LogP contribution is 2.21. The van der Waals surface area contributed by atoms with Crippen molar-refractivity contribution in [3.8, 4) is 0 Å². The molecule has 2 aromatic carbocycles. The molecule has 0 bridgehead atoms. The Morgan fingerprint density at radius 2 is 1.78 bits per heavy atom. The highest BCUT2D eigenvalue weighted by molar-refractivity contribution is 7.92. The molecule has 0 saturated heterocycles. The van der Waals surface area contributed by atoms with Crippen molar-refractivity contribution < 1.29 is 13.2 Å². The SMILES string of the molecule is CCS(=O)(=O)Nc1ccc(NC(=O)c2ccc(Cl)cc2)cc1C. The molecule has 0 heterocycles. The summed E-state index contributed by atoms with van der Waals surface area (Å²) in [5.74, 6) is -0.260. The van der Waals surface area contributed by atoms with Crippen molar-refractivity contribution in [1.29, 1.82) is 0 Å². The molecule has 23 heavy (non-hydrogen) atoms. The minimum Gasteiger partial charge on any atom is -0.322 e. The normalized spacial score (nSPS) is 11.1. The fourth-order valence-electron chi connectivity index (χ4n) is 1.90. The minimum absolute atomic E-state index is 0.00148. The zero-order valence-corrected chi connectivity index (χ0v) is 14.3. The van der Waals surface area contributed by atoms with Crippen LogP contribution in [0.5, 0.6) is 0 Å². The van der Waals surface area contributed by atoms with E-state index in [0.29, 0.717) is 22.0 Å². The second-order valence-electron chi connectivity index (χ2n) is 5.00. The van der Waals surface area contributed by atoms with Crippen molar-refractivity contribution in [2.75, 3.05) is 15.8 Å². The van der Waals surface area contributed by atoms with Gasteiger partial charge in [-0.05, 0) is 61.9 Å². The van der Waals surface area contributed by atoms with E-state index in [-0.39, 0.29) is 11.7 Å². The molecule has 0 fully saturated rings. The fourth-order valence-corrected chi connectivity index (χ4v) is 2.73. The molecule has 0 atom stereocenters. The molecule has 2 rings (SSSR count). The number of halogens is 1. The van der Waals surface area contributed by atoms with E-state index >= 15 is 0 Å². The average Bonchev–Trinajstić information content (AvgIpc) is 2.50. The van der Waals surface area contributed by atoms with E-state index in [1.165, 1.54) is 0 Å². The van der Waals surface area contributed by atoms with Gasteiger partial charge < -0.3 is 5.32 Å². The van der Waals surface area contributed by atoms with Crippen molar-refractivity contribution in [2.45, 2.75) is 13.8 Å². The van der Waals surface area contributed by atoms with Crippen molar-refractivity contribution in [3.05, 3.63) is 58.6 Å². The first-order chi connectivity index (χ1) is 10.8. The largest absolute Gasteiger partial charge is 0.322 e. The number of hydrogen-bond donors (Lipinski definition) is 2. The van der Waals surface area contributed by atoms with Crippen LogP contribution in [-0.4, -0.2) is 20.1 Å². The number of benzene rings is 2. The summed E-state index contributed by atoms with van der Waals surface area (Å²) in [5.41, 5.74) is 2.29. The van der Waals surface area contributed by atoms with Crippen LogP contribution in [0.3, 0.4) is 0 Å². The van der Waals surface area contributed by atoms with E-state index in [1.807, 2.05) is 0 Å². The Labute approximate surface area is 140 Å². The molecule has 0 aliphatic rings. The van der Waals surface area contributed by atoms with Crippen LogP contribution in [0.25, 0.3) is 0 Å². The first kappa shape index (κ1) is 17.3. The number of carbonyl (C=O) groups excluding carboxylic acids is 1. The van der Waals surface area contributed by atoms with Crippen molar-refractivity contribution >= 4 is 38.9 Å². The number of nitrogens with one attached hydrogen (secondary N) is 2. The smallest absolute Gasteiger partial charge is 0.255 e. The van der Waals surface area contributed by atoms with Crippen LogP contribution in [0.15, 0.2) is 42.5 Å². The van der Waals surface area contributed by atoms with Gasteiger partial charge in [0, 0.05) is 16.3 Å². The first-order valence-electron chi connectivity index (χ1n) is 6.99. The number of sulfonamides is 1. The zero-order chi connectivity index (χ0) is 17.0. The highest BCUT2D eigenvalue weighted by Gasteiger charge is 2.10. The third kappa shape index (κ3) is 4.71. The summed E-state index contributed by atoms with van der Waals surface area (Å²) in [6, 6.07) is 11.5. The molecule has 122 valence electrons. The van der Waals surface area contributed by atoms with Crippen LogP contribution in [0.4, 0.5) is 11.4 Å². The van der Waals surface area contributed by atoms with Gasteiger partial charge in [-0.25, -0.2) is 8.42 Å². The number of rotatable bonds is 5. The standard InChI is InChI=1S/C16H17ClN2O3S/c1-3-23(21,22)19-15-9-8-14(10-11(15)2)18-16(20)12-4-6-13(17)7-5-12/h4-10,19H,3H2,1-2H3,(H,18,20). The van der Waals surface area contributed by atoms with Gasteiger partial charge in [0.1, 0.15) is 0 Å². The van der Waals surface area contributed by atoms with Gasteiger partial charge in [-0.2, -0.15) is 0 Å². The second-order valence-corrected chi connectivity index (χ2v) is 7.44. The molecule has 0 saturated carbocycles. The fraction of sp³-hybridized carbons (Fsp3) is 0.188. The number of anilines is 2. The van der Waals surface area contributed by atoms with Crippen molar-refractivity contribution in [3.63, 3.8) is 0 Å². The van der Waals surface area contributed by atoms with Crippen LogP contribution in [0.1, 0.15) is 22.8 Å². The van der Waals surface area contributed by atoms with Crippen LogP contribution < -0.4 is 10.0 Å². The maximum Gasteiger partial charge on any atom is 0.255 e. The molecule has 0 aliphatic carbocycles. The Balaban J connectivity index is 2.14. The van der Waals surface area contributed by atoms with Crippen molar-refractivity contribution in [2.24, 2.45) is 0 Å². The van der Waals surface area contributed by atoms with Crippen LogP contribution in [-0.2, 0) is 10.0 Å². The van der Waals surface area contributed by atoms with Crippen LogP contribution in [0, 0.1) is 6.92 Å². The molecule has 7 heteroatoms. The molecular weight excluding hydrogens is 336 g/mol. The molecule has 2 N–H and O–H groups in total. The van der Waals surface area contributed by atoms with E-state index in [4.69, 9.17) is 11.6 Å². The van der Waals surface area contributed by atoms with Gasteiger partial charge in [-0.3, -0.25) is 9.52 Å². The summed E-state index contributed by atoms with van der Waals surface area (Å²) in [4.78, 5) is 12.1. The molecule has 0 spiro atoms. The van der Waals surface area contributed by atoms with E-state index < -0.39 is 10.0 Å². The van der Waals surface area contributed by atoms with Gasteiger partial charge in [0.25, 0.3) is 5.91 Å². The lowest BCUT2D eigenvalue weighted by Gasteiger charge is -2.11. The van der Waals surface area contributed by atoms with Crippen LogP contribution >= 0.6 is 11.6 Å². The Morgan fingerprint density at radius 3 is 2.35 bits per heavy atom. The van der Waals surface area contributed by atoms with E-state index in [2.05, 4.69) is 10.0 Å². The second kappa shape index (κ2) is 7.02. The van der Waals surface area contributed by atoms with E-state index in [0.717, 1.165) is 5.56 Å². The summed E-state index contributed by atoms with van der Waals surface area (Å²) in [6.45, 7) is 3.34. The molecular formula is C16H17ClN2O3S. The number of amides is 1. The van der Waals surface area contributed by atoms with Gasteiger partial charge >= 0.3 is 0 Å². The molecule has 5 nitrogen and oxygen atoms in total. The van der Waals surface area contributed by atoms with E-state index in [1.54, 1.807) is 56.3 Å². The summed E-state index contributed by atoms with van der Waals surface area (Å²) < 4.78 is 25.7. The van der Waals surface area contributed by atoms with Crippen molar-refractivity contribution in [1.82, 2.24) is 0 Å². The Kier molecular flexibility index (Phi) is 5.28. The Morgan fingerprint density at radius 1 is 1.13 bits per heavy atom. The number of hydrogen-bond acceptors (Lipinski definition) is 3. The Bertz CT molecular complexity index is 818. The Hall–Kier alpha value is -2.05. The monoisotopic (exact) mass is 352 g/mol. The lowest BCUT2D eigenvalue weighted by molar-refractivity contribution is 0.102. The molecule has 2 aromatic rings. The third-order valence-corrected chi connectivity index (χ3v) is 4.78. The summed E-state index contributed by atoms with van der Waals surface area (Å²) in [7, 11) is -3.33. The zero-order valence-electron chi connectivity index (χ0n) is 12.8. The van der Waals surface area contributed by atoms with Gasteiger partial charge in [-0.1, -0.05) is 11.6 Å². The lowest BCUT2D eigenvalue weighted by atomic mass is 10.1. The highest BCUT2D eigenvalue weighted by atomic mass is 35.5. The van der Waals surface area contributed by atoms with Gasteiger partial charge in [0.05, 0.1) is 11.4 Å². The molecule has 0 aliphatic heterocycles. The molecule has 0 aromatic heterocycles. The van der Waals surface area contributed by atoms with Gasteiger partial charge in [0.15, 0.2) is 0 Å². The predicted octanol–water partition coefficient (Wildman–Crippen LogP) is 3.66. The molecule has 0 unspecified atom stereocenters.